The van der Waals surface area contributed by atoms with E-state index in [1.54, 1.807) is 0 Å². The van der Waals surface area contributed by atoms with Gasteiger partial charge in [0.05, 0.1) is 12.2 Å². The average Bonchev–Trinajstić information content (AvgIpc) is 2.56. The van der Waals surface area contributed by atoms with Gasteiger partial charge in [-0.3, -0.25) is 4.79 Å². The lowest BCUT2D eigenvalue weighted by atomic mass is 10.1. The molecule has 0 aliphatic rings. The molecular weight excluding hydrogens is 272 g/mol. The molecule has 118 valence electrons. The van der Waals surface area contributed by atoms with Gasteiger partial charge in [-0.15, -0.1) is 0 Å². The Kier molecular flexibility index (Phi) is 6.95. The molecule has 2 rings (SSSR count). The first-order chi connectivity index (χ1) is 10.8. The van der Waals surface area contributed by atoms with Crippen molar-refractivity contribution in [1.82, 2.24) is 0 Å². The minimum absolute atomic E-state index is 0.640. The van der Waals surface area contributed by atoms with E-state index in [4.69, 9.17) is 4.74 Å². The molecule has 0 aliphatic heterocycles. The quantitative estimate of drug-likeness (QED) is 0.410. The van der Waals surface area contributed by atoms with Gasteiger partial charge < -0.3 is 4.74 Å². The summed E-state index contributed by atoms with van der Waals surface area (Å²) in [7, 11) is 0. The zero-order valence-corrected chi connectivity index (χ0v) is 13.5. The Morgan fingerprint density at radius 2 is 1.55 bits per heavy atom. The highest BCUT2D eigenvalue weighted by Gasteiger charge is 2.05. The van der Waals surface area contributed by atoms with Gasteiger partial charge in [-0.1, -0.05) is 69.7 Å². The van der Waals surface area contributed by atoms with Gasteiger partial charge in [-0.25, -0.2) is 0 Å². The Hall–Kier alpha value is -1.83. The molecule has 0 spiro atoms. The van der Waals surface area contributed by atoms with Crippen LogP contribution in [0.5, 0.6) is 5.75 Å². The van der Waals surface area contributed by atoms with Crippen molar-refractivity contribution < 1.29 is 9.53 Å². The molecule has 0 saturated heterocycles. The molecule has 0 heterocycles. The van der Waals surface area contributed by atoms with Crippen molar-refractivity contribution in [3.63, 3.8) is 0 Å². The second-order valence-electron chi connectivity index (χ2n) is 5.82. The predicted molar refractivity (Wildman–Crippen MR) is 92.8 cm³/mol. The van der Waals surface area contributed by atoms with Crippen LogP contribution in [0.1, 0.15) is 62.2 Å². The number of ether oxygens (including phenoxy) is 1. The standard InChI is InChI=1S/C20H26O2/c1-2-3-4-5-6-7-10-13-22-20-15-18-12-9-8-11-17(18)14-19(20)16-21/h8-9,11-12,14-16H,2-7,10,13H2,1H3. The van der Waals surface area contributed by atoms with Gasteiger partial charge in [0.1, 0.15) is 5.75 Å². The van der Waals surface area contributed by atoms with E-state index >= 15 is 0 Å². The average molecular weight is 298 g/mol. The van der Waals surface area contributed by atoms with E-state index in [1.807, 2.05) is 36.4 Å². The van der Waals surface area contributed by atoms with Crippen LogP contribution in [0, 0.1) is 0 Å². The summed E-state index contributed by atoms with van der Waals surface area (Å²) in [5.41, 5.74) is 0.640. The highest BCUT2D eigenvalue weighted by Crippen LogP contribution is 2.25. The number of aldehydes is 1. The maximum Gasteiger partial charge on any atom is 0.153 e. The number of carbonyl (C=O) groups excluding carboxylic acids is 1. The molecule has 0 aromatic heterocycles. The van der Waals surface area contributed by atoms with Gasteiger partial charge in [0.25, 0.3) is 0 Å². The molecule has 0 N–H and O–H groups in total. The first-order valence-electron chi connectivity index (χ1n) is 8.46. The van der Waals surface area contributed by atoms with Crippen molar-refractivity contribution >= 4 is 17.1 Å². The fourth-order valence-corrected chi connectivity index (χ4v) is 2.70. The minimum atomic E-state index is 0.640. The third-order valence-electron chi connectivity index (χ3n) is 4.01. The van der Waals surface area contributed by atoms with Crippen molar-refractivity contribution in [3.05, 3.63) is 42.0 Å². The Balaban J connectivity index is 1.82. The lowest BCUT2D eigenvalue weighted by molar-refractivity contribution is 0.111. The highest BCUT2D eigenvalue weighted by atomic mass is 16.5. The van der Waals surface area contributed by atoms with Crippen LogP contribution in [-0.2, 0) is 0 Å². The molecule has 0 aliphatic carbocycles. The van der Waals surface area contributed by atoms with Crippen LogP contribution in [0.3, 0.4) is 0 Å². The first kappa shape index (κ1) is 16.5. The first-order valence-corrected chi connectivity index (χ1v) is 8.46. The van der Waals surface area contributed by atoms with Crippen molar-refractivity contribution in [2.75, 3.05) is 6.61 Å². The van der Waals surface area contributed by atoms with E-state index in [0.29, 0.717) is 17.9 Å². The van der Waals surface area contributed by atoms with E-state index in [9.17, 15) is 4.79 Å². The number of unbranched alkanes of at least 4 members (excludes halogenated alkanes) is 6. The van der Waals surface area contributed by atoms with Gasteiger partial charge in [-0.05, 0) is 29.3 Å². The van der Waals surface area contributed by atoms with Crippen molar-refractivity contribution in [2.45, 2.75) is 51.9 Å². The van der Waals surface area contributed by atoms with Crippen molar-refractivity contribution in [3.8, 4) is 5.75 Å². The molecule has 22 heavy (non-hydrogen) atoms. The summed E-state index contributed by atoms with van der Waals surface area (Å²) in [4.78, 5) is 11.2. The third-order valence-corrected chi connectivity index (χ3v) is 4.01. The fraction of sp³-hybridized carbons (Fsp3) is 0.450. The van der Waals surface area contributed by atoms with Crippen LogP contribution in [0.2, 0.25) is 0 Å². The zero-order valence-electron chi connectivity index (χ0n) is 13.5. The van der Waals surface area contributed by atoms with E-state index in [2.05, 4.69) is 6.92 Å². The largest absolute Gasteiger partial charge is 0.493 e. The lowest BCUT2D eigenvalue weighted by Gasteiger charge is -2.10. The topological polar surface area (TPSA) is 26.3 Å². The van der Waals surface area contributed by atoms with E-state index < -0.39 is 0 Å². The van der Waals surface area contributed by atoms with Crippen LogP contribution in [-0.4, -0.2) is 12.9 Å². The summed E-state index contributed by atoms with van der Waals surface area (Å²) in [6, 6.07) is 11.9. The van der Waals surface area contributed by atoms with Gasteiger partial charge in [0.2, 0.25) is 0 Å². The van der Waals surface area contributed by atoms with E-state index in [0.717, 1.165) is 23.5 Å². The molecule has 2 nitrogen and oxygen atoms in total. The number of hydrogen-bond donors (Lipinski definition) is 0. The summed E-state index contributed by atoms with van der Waals surface area (Å²) < 4.78 is 5.83. The number of carbonyl (C=O) groups is 1. The van der Waals surface area contributed by atoms with Crippen LogP contribution >= 0.6 is 0 Å². The van der Waals surface area contributed by atoms with Gasteiger partial charge in [0.15, 0.2) is 6.29 Å². The Morgan fingerprint density at radius 3 is 2.23 bits per heavy atom. The minimum Gasteiger partial charge on any atom is -0.493 e. The third kappa shape index (κ3) is 4.87. The predicted octanol–water partition coefficient (Wildman–Crippen LogP) is 5.78. The van der Waals surface area contributed by atoms with Crippen molar-refractivity contribution in [1.29, 1.82) is 0 Å². The molecule has 0 amide bonds. The SMILES string of the molecule is CCCCCCCCCOc1cc2ccccc2cc1C=O. The normalized spacial score (nSPS) is 10.8. The Bertz CT molecular complexity index is 589. The second-order valence-corrected chi connectivity index (χ2v) is 5.82. The van der Waals surface area contributed by atoms with E-state index in [-0.39, 0.29) is 0 Å². The number of hydrogen-bond acceptors (Lipinski definition) is 2. The summed E-state index contributed by atoms with van der Waals surface area (Å²) >= 11 is 0. The van der Waals surface area contributed by atoms with Crippen LogP contribution in [0.25, 0.3) is 10.8 Å². The summed E-state index contributed by atoms with van der Waals surface area (Å²) in [5, 5.41) is 2.19. The maximum atomic E-state index is 11.2. The molecule has 0 fully saturated rings. The highest BCUT2D eigenvalue weighted by molar-refractivity contribution is 5.92. The van der Waals surface area contributed by atoms with Crippen LogP contribution in [0.15, 0.2) is 36.4 Å². The van der Waals surface area contributed by atoms with Crippen LogP contribution in [0.4, 0.5) is 0 Å². The second kappa shape index (κ2) is 9.24. The molecule has 2 heteroatoms. The van der Waals surface area contributed by atoms with Crippen LogP contribution < -0.4 is 4.74 Å². The van der Waals surface area contributed by atoms with Gasteiger partial charge in [-0.2, -0.15) is 0 Å². The molecule has 0 bridgehead atoms. The molecule has 0 atom stereocenters. The van der Waals surface area contributed by atoms with Crippen molar-refractivity contribution in [2.24, 2.45) is 0 Å². The lowest BCUT2D eigenvalue weighted by Crippen LogP contribution is -2.00. The monoisotopic (exact) mass is 298 g/mol. The van der Waals surface area contributed by atoms with Gasteiger partial charge in [0, 0.05) is 0 Å². The molecular formula is C20H26O2. The Labute approximate surface area is 133 Å². The molecule has 2 aromatic rings. The Morgan fingerprint density at radius 1 is 0.909 bits per heavy atom. The molecule has 0 saturated carbocycles. The molecule has 2 aromatic carbocycles. The summed E-state index contributed by atoms with van der Waals surface area (Å²) in [5.74, 6) is 0.708. The van der Waals surface area contributed by atoms with E-state index in [1.165, 1.54) is 38.5 Å². The molecule has 0 radical (unpaired) electrons. The smallest absolute Gasteiger partial charge is 0.153 e. The summed E-state index contributed by atoms with van der Waals surface area (Å²) in [6.07, 6.45) is 9.72. The number of benzene rings is 2. The number of rotatable bonds is 10. The fourth-order valence-electron chi connectivity index (χ4n) is 2.70. The maximum absolute atomic E-state index is 11.2. The molecule has 0 unspecified atom stereocenters. The summed E-state index contributed by atoms with van der Waals surface area (Å²) in [6.45, 7) is 2.93. The van der Waals surface area contributed by atoms with Gasteiger partial charge >= 0.3 is 0 Å². The zero-order chi connectivity index (χ0) is 15.6. The number of fused-ring (bicyclic) bond motifs is 1.